The Hall–Kier alpha value is -2.09. The van der Waals surface area contributed by atoms with Gasteiger partial charge in [-0.15, -0.1) is 0 Å². The van der Waals surface area contributed by atoms with Crippen molar-refractivity contribution in [3.8, 4) is 11.5 Å². The highest BCUT2D eigenvalue weighted by molar-refractivity contribution is 7.89. The molecule has 0 saturated carbocycles. The van der Waals surface area contributed by atoms with Crippen LogP contribution < -0.4 is 9.47 Å². The molecule has 1 atom stereocenters. The number of nitrogens with zero attached hydrogens (tertiary/aromatic N) is 2. The summed E-state index contributed by atoms with van der Waals surface area (Å²) in [5.74, 6) is 1.45. The summed E-state index contributed by atoms with van der Waals surface area (Å²) < 4.78 is 38.7. The molecule has 1 aliphatic heterocycles. The van der Waals surface area contributed by atoms with Crippen LogP contribution in [0.25, 0.3) is 0 Å². The molecule has 0 bridgehead atoms. The zero-order valence-corrected chi connectivity index (χ0v) is 17.0. The maximum atomic E-state index is 13.2. The Morgan fingerprint density at radius 3 is 2.37 bits per heavy atom. The number of hydrogen-bond donors (Lipinski definition) is 0. The van der Waals surface area contributed by atoms with Gasteiger partial charge in [0.25, 0.3) is 0 Å². The van der Waals surface area contributed by atoms with Gasteiger partial charge in [0, 0.05) is 25.2 Å². The van der Waals surface area contributed by atoms with Gasteiger partial charge in [-0.1, -0.05) is 18.2 Å². The molecule has 1 fully saturated rings. The quantitative estimate of drug-likeness (QED) is 0.786. The maximum Gasteiger partial charge on any atom is 0.243 e. The lowest BCUT2D eigenvalue weighted by atomic mass is 10.0. The van der Waals surface area contributed by atoms with Crippen molar-refractivity contribution in [2.75, 3.05) is 40.9 Å². The fourth-order valence-corrected chi connectivity index (χ4v) is 5.03. The van der Waals surface area contributed by atoms with Crippen LogP contribution in [0, 0.1) is 6.92 Å². The average molecular weight is 391 g/mol. The van der Waals surface area contributed by atoms with Crippen molar-refractivity contribution in [1.82, 2.24) is 9.21 Å². The van der Waals surface area contributed by atoms with Gasteiger partial charge in [0.15, 0.2) is 0 Å². The van der Waals surface area contributed by atoms with Crippen LogP contribution in [0.2, 0.25) is 0 Å². The first-order chi connectivity index (χ1) is 12.9. The minimum atomic E-state index is -3.58. The van der Waals surface area contributed by atoms with Crippen LogP contribution in [-0.4, -0.2) is 58.5 Å². The van der Waals surface area contributed by atoms with Gasteiger partial charge >= 0.3 is 0 Å². The van der Waals surface area contributed by atoms with Crippen molar-refractivity contribution >= 4 is 10.0 Å². The molecule has 1 unspecified atom stereocenters. The summed E-state index contributed by atoms with van der Waals surface area (Å²) in [5, 5.41) is 0. The summed E-state index contributed by atoms with van der Waals surface area (Å²) in [6, 6.07) is 12.7. The van der Waals surface area contributed by atoms with Crippen LogP contribution in [0.5, 0.6) is 11.5 Å². The third-order valence-corrected chi connectivity index (χ3v) is 6.97. The predicted octanol–water partition coefficient (Wildman–Crippen LogP) is 2.69. The van der Waals surface area contributed by atoms with E-state index in [1.807, 2.05) is 38.2 Å². The van der Waals surface area contributed by atoms with E-state index in [0.717, 1.165) is 16.9 Å². The average Bonchev–Trinajstić information content (AvgIpc) is 2.68. The molecule has 0 aromatic heterocycles. The highest BCUT2D eigenvalue weighted by atomic mass is 32.2. The summed E-state index contributed by atoms with van der Waals surface area (Å²) in [6.45, 7) is 3.33. The standard InChI is InChI=1S/C20H26N2O4S/c1-15-13-16(9-10-19(15)25-3)27(23,24)22-12-11-21(2)18(14-22)17-7-5-6-8-20(17)26-4/h5-10,13,18H,11-12,14H2,1-4H3. The van der Waals surface area contributed by atoms with E-state index >= 15 is 0 Å². The summed E-state index contributed by atoms with van der Waals surface area (Å²) >= 11 is 0. The highest BCUT2D eigenvalue weighted by Gasteiger charge is 2.34. The van der Waals surface area contributed by atoms with Crippen LogP contribution >= 0.6 is 0 Å². The number of ether oxygens (including phenoxy) is 2. The number of aryl methyl sites for hydroxylation is 1. The van der Waals surface area contributed by atoms with Crippen LogP contribution in [0.3, 0.4) is 0 Å². The van der Waals surface area contributed by atoms with Crippen LogP contribution in [-0.2, 0) is 10.0 Å². The lowest BCUT2D eigenvalue weighted by Crippen LogP contribution is -2.48. The second kappa shape index (κ2) is 7.88. The van der Waals surface area contributed by atoms with Gasteiger partial charge in [0.05, 0.1) is 25.2 Å². The number of sulfonamides is 1. The van der Waals surface area contributed by atoms with Gasteiger partial charge in [0.2, 0.25) is 10.0 Å². The van der Waals surface area contributed by atoms with Gasteiger partial charge in [0.1, 0.15) is 11.5 Å². The summed E-state index contributed by atoms with van der Waals surface area (Å²) in [5.41, 5.74) is 1.79. The molecule has 0 spiro atoms. The molecule has 0 radical (unpaired) electrons. The minimum absolute atomic E-state index is 0.0657. The normalized spacial score (nSPS) is 19.0. The van der Waals surface area contributed by atoms with Crippen molar-refractivity contribution in [2.24, 2.45) is 0 Å². The molecule has 3 rings (SSSR count). The van der Waals surface area contributed by atoms with Gasteiger partial charge in [-0.25, -0.2) is 8.42 Å². The number of likely N-dealkylation sites (N-methyl/N-ethyl adjacent to an activating group) is 1. The number of methoxy groups -OCH3 is 2. The first-order valence-electron chi connectivity index (χ1n) is 8.86. The molecular weight excluding hydrogens is 364 g/mol. The molecule has 27 heavy (non-hydrogen) atoms. The van der Waals surface area contributed by atoms with E-state index in [1.165, 1.54) is 0 Å². The van der Waals surface area contributed by atoms with Crippen molar-refractivity contribution < 1.29 is 17.9 Å². The van der Waals surface area contributed by atoms with Gasteiger partial charge in [-0.2, -0.15) is 4.31 Å². The molecule has 146 valence electrons. The first-order valence-corrected chi connectivity index (χ1v) is 10.3. The summed E-state index contributed by atoms with van der Waals surface area (Å²) in [6.07, 6.45) is 0. The Kier molecular flexibility index (Phi) is 5.74. The smallest absolute Gasteiger partial charge is 0.243 e. The maximum absolute atomic E-state index is 13.2. The van der Waals surface area contributed by atoms with Crippen LogP contribution in [0.4, 0.5) is 0 Å². The van der Waals surface area contributed by atoms with E-state index in [-0.39, 0.29) is 6.04 Å². The number of benzene rings is 2. The molecule has 7 heteroatoms. The highest BCUT2D eigenvalue weighted by Crippen LogP contribution is 2.33. The van der Waals surface area contributed by atoms with Gasteiger partial charge in [-0.05, 0) is 43.8 Å². The van der Waals surface area contributed by atoms with Gasteiger partial charge in [-0.3, -0.25) is 4.90 Å². The van der Waals surface area contributed by atoms with E-state index in [0.29, 0.717) is 30.3 Å². The topological polar surface area (TPSA) is 59.1 Å². The first kappa shape index (κ1) is 19.7. The zero-order chi connectivity index (χ0) is 19.6. The third kappa shape index (κ3) is 3.81. The van der Waals surface area contributed by atoms with Crippen LogP contribution in [0.15, 0.2) is 47.4 Å². The Morgan fingerprint density at radius 1 is 1.00 bits per heavy atom. The van der Waals surface area contributed by atoms with Crippen LogP contribution in [0.1, 0.15) is 17.2 Å². The Labute approximate surface area is 161 Å². The summed E-state index contributed by atoms with van der Waals surface area (Å²) in [7, 11) is 1.64. The number of rotatable bonds is 5. The van der Waals surface area contributed by atoms with Crippen molar-refractivity contribution in [3.63, 3.8) is 0 Å². The molecular formula is C20H26N2O4S. The molecule has 2 aromatic rings. The second-order valence-electron chi connectivity index (χ2n) is 6.73. The van der Waals surface area contributed by atoms with E-state index in [9.17, 15) is 8.42 Å². The van der Waals surface area contributed by atoms with Crippen molar-refractivity contribution in [1.29, 1.82) is 0 Å². The minimum Gasteiger partial charge on any atom is -0.496 e. The second-order valence-corrected chi connectivity index (χ2v) is 8.67. The molecule has 1 saturated heterocycles. The molecule has 0 aliphatic carbocycles. The molecule has 6 nitrogen and oxygen atoms in total. The van der Waals surface area contributed by atoms with E-state index < -0.39 is 10.0 Å². The lowest BCUT2D eigenvalue weighted by molar-refractivity contribution is 0.146. The Balaban J connectivity index is 1.92. The molecule has 0 N–H and O–H groups in total. The van der Waals surface area contributed by atoms with E-state index in [2.05, 4.69) is 4.90 Å². The Morgan fingerprint density at radius 2 is 1.70 bits per heavy atom. The number of piperazine rings is 1. The monoisotopic (exact) mass is 390 g/mol. The third-order valence-electron chi connectivity index (χ3n) is 5.11. The zero-order valence-electron chi connectivity index (χ0n) is 16.2. The Bertz CT molecular complexity index is 914. The SMILES string of the molecule is COc1ccc(S(=O)(=O)N2CCN(C)C(c3ccccc3OC)C2)cc1C. The molecule has 1 heterocycles. The van der Waals surface area contributed by atoms with E-state index in [1.54, 1.807) is 36.7 Å². The number of para-hydroxylation sites is 1. The lowest BCUT2D eigenvalue weighted by Gasteiger charge is -2.39. The van der Waals surface area contributed by atoms with Gasteiger partial charge < -0.3 is 9.47 Å². The van der Waals surface area contributed by atoms with Crippen molar-refractivity contribution in [3.05, 3.63) is 53.6 Å². The predicted molar refractivity (Wildman–Crippen MR) is 105 cm³/mol. The summed E-state index contributed by atoms with van der Waals surface area (Å²) in [4.78, 5) is 2.47. The largest absolute Gasteiger partial charge is 0.496 e. The molecule has 2 aromatic carbocycles. The molecule has 0 amide bonds. The van der Waals surface area contributed by atoms with Crippen molar-refractivity contribution in [2.45, 2.75) is 17.9 Å². The fourth-order valence-electron chi connectivity index (χ4n) is 3.50. The fraction of sp³-hybridized carbons (Fsp3) is 0.400. The van der Waals surface area contributed by atoms with E-state index in [4.69, 9.17) is 9.47 Å². The number of hydrogen-bond acceptors (Lipinski definition) is 5. The molecule has 1 aliphatic rings.